The number of nitrogens with zero attached hydrogens (tertiary/aromatic N) is 2. The Morgan fingerprint density at radius 3 is 3.00 bits per heavy atom. The van der Waals surface area contributed by atoms with Gasteiger partial charge in [0, 0.05) is 24.6 Å². The molecular weight excluding hydrogens is 320 g/mol. The molecule has 18 heavy (non-hydrogen) atoms. The maximum absolute atomic E-state index is 11.7. The van der Waals surface area contributed by atoms with Gasteiger partial charge >= 0.3 is 0 Å². The highest BCUT2D eigenvalue weighted by molar-refractivity contribution is 9.12. The topological polar surface area (TPSA) is 59.0 Å². The first kappa shape index (κ1) is 12.0. The predicted octanol–water partition coefficient (Wildman–Crippen LogP) is 1.51. The molecule has 96 valence electrons. The van der Waals surface area contributed by atoms with Gasteiger partial charge in [-0.25, -0.2) is 13.4 Å². The standard InChI is InChI=1S/C11H11BrN2O3S/c1-18(15,16)11-13-4-8-9(12)6-17-5-7-2-3-14(11)10(7)8/h4,6H,2-3,5H2,1H3. The Balaban J connectivity index is 2.20. The predicted molar refractivity (Wildman–Crippen MR) is 71.7 cm³/mol. The van der Waals surface area contributed by atoms with E-state index < -0.39 is 9.84 Å². The van der Waals surface area contributed by atoms with Crippen molar-refractivity contribution < 1.29 is 13.2 Å². The van der Waals surface area contributed by atoms with Crippen molar-refractivity contribution in [2.45, 2.75) is 6.42 Å². The smallest absolute Gasteiger partial charge is 0.227 e. The van der Waals surface area contributed by atoms with Crippen LogP contribution in [-0.4, -0.2) is 37.9 Å². The number of ether oxygens (including phenoxy) is 1. The largest absolute Gasteiger partial charge is 0.496 e. The summed E-state index contributed by atoms with van der Waals surface area (Å²) in [5.41, 5.74) is 2.92. The summed E-state index contributed by atoms with van der Waals surface area (Å²) in [5.74, 6) is 0. The third kappa shape index (κ3) is 1.73. The van der Waals surface area contributed by atoms with Crippen LogP contribution in [0, 0.1) is 0 Å². The van der Waals surface area contributed by atoms with Crippen molar-refractivity contribution in [2.75, 3.05) is 19.4 Å². The first-order valence-corrected chi connectivity index (χ1v) is 8.12. The van der Waals surface area contributed by atoms with Crippen molar-refractivity contribution in [3.8, 4) is 0 Å². The maximum Gasteiger partial charge on any atom is 0.227 e. The fourth-order valence-electron chi connectivity index (χ4n) is 2.34. The highest BCUT2D eigenvalue weighted by atomic mass is 79.9. The minimum atomic E-state index is -3.32. The van der Waals surface area contributed by atoms with Gasteiger partial charge in [-0.15, -0.1) is 0 Å². The zero-order chi connectivity index (χ0) is 12.9. The third-order valence-electron chi connectivity index (χ3n) is 3.07. The van der Waals surface area contributed by atoms with Gasteiger partial charge in [0.2, 0.25) is 15.0 Å². The van der Waals surface area contributed by atoms with E-state index in [-0.39, 0.29) is 5.17 Å². The molecule has 3 aliphatic rings. The molecule has 7 heteroatoms. The number of halogens is 1. The monoisotopic (exact) mass is 330 g/mol. The second-order valence-corrected chi connectivity index (χ2v) is 7.12. The Labute approximate surface area is 114 Å². The SMILES string of the molecule is CS(=O)(=O)C1=NC=C2C(Br)=COCC3=C2N1CC3. The van der Waals surface area contributed by atoms with Gasteiger partial charge in [-0.05, 0) is 27.9 Å². The van der Waals surface area contributed by atoms with E-state index in [1.165, 1.54) is 6.26 Å². The second kappa shape index (κ2) is 3.96. The van der Waals surface area contributed by atoms with E-state index in [0.29, 0.717) is 13.2 Å². The van der Waals surface area contributed by atoms with Crippen molar-refractivity contribution in [1.29, 1.82) is 0 Å². The van der Waals surface area contributed by atoms with Crippen LogP contribution in [-0.2, 0) is 14.6 Å². The molecule has 0 radical (unpaired) electrons. The van der Waals surface area contributed by atoms with E-state index in [1.54, 1.807) is 17.4 Å². The molecule has 0 N–H and O–H groups in total. The molecule has 0 aliphatic carbocycles. The fourth-order valence-corrected chi connectivity index (χ4v) is 3.59. The molecule has 3 heterocycles. The first-order chi connectivity index (χ1) is 8.48. The Kier molecular flexibility index (Phi) is 2.63. The molecule has 0 aromatic heterocycles. The molecule has 5 nitrogen and oxygen atoms in total. The Morgan fingerprint density at radius 1 is 1.50 bits per heavy atom. The Hall–Kier alpha value is -1.08. The lowest BCUT2D eigenvalue weighted by Gasteiger charge is -2.26. The summed E-state index contributed by atoms with van der Waals surface area (Å²) < 4.78 is 29.7. The van der Waals surface area contributed by atoms with Gasteiger partial charge in [-0.1, -0.05) is 0 Å². The molecule has 3 rings (SSSR count). The molecule has 0 spiro atoms. The summed E-state index contributed by atoms with van der Waals surface area (Å²) >= 11 is 3.42. The van der Waals surface area contributed by atoms with Crippen LogP contribution in [0.15, 0.2) is 38.8 Å². The number of hydrogen-bond donors (Lipinski definition) is 0. The highest BCUT2D eigenvalue weighted by Gasteiger charge is 2.36. The van der Waals surface area contributed by atoms with Gasteiger partial charge in [-0.3, -0.25) is 0 Å². The molecule has 0 fully saturated rings. The number of aliphatic imine (C=N–C) groups is 1. The van der Waals surface area contributed by atoms with Crippen LogP contribution in [0.1, 0.15) is 6.42 Å². The van der Waals surface area contributed by atoms with Gasteiger partial charge in [0.25, 0.3) is 0 Å². The molecule has 0 aromatic carbocycles. The number of sulfone groups is 1. The second-order valence-electron chi connectivity index (χ2n) is 4.36. The van der Waals surface area contributed by atoms with Crippen LogP contribution in [0.4, 0.5) is 0 Å². The Bertz CT molecular complexity index is 643. The van der Waals surface area contributed by atoms with E-state index in [2.05, 4.69) is 20.9 Å². The fraction of sp³-hybridized carbons (Fsp3) is 0.364. The quantitative estimate of drug-likeness (QED) is 0.675. The van der Waals surface area contributed by atoms with E-state index >= 15 is 0 Å². The van der Waals surface area contributed by atoms with E-state index in [9.17, 15) is 8.42 Å². The maximum atomic E-state index is 11.7. The van der Waals surface area contributed by atoms with Crippen molar-refractivity contribution in [3.63, 3.8) is 0 Å². The van der Waals surface area contributed by atoms with Crippen LogP contribution in [0.2, 0.25) is 0 Å². The normalized spacial score (nSPS) is 22.8. The third-order valence-corrected chi connectivity index (χ3v) is 4.67. The first-order valence-electron chi connectivity index (χ1n) is 5.44. The Morgan fingerprint density at radius 2 is 2.28 bits per heavy atom. The molecule has 3 aliphatic heterocycles. The summed E-state index contributed by atoms with van der Waals surface area (Å²) in [5, 5.41) is 0.124. The lowest BCUT2D eigenvalue weighted by atomic mass is 10.1. The number of amidine groups is 1. The number of rotatable bonds is 0. The summed E-state index contributed by atoms with van der Waals surface area (Å²) in [6.07, 6.45) is 5.20. The van der Waals surface area contributed by atoms with Crippen molar-refractivity contribution in [1.82, 2.24) is 4.90 Å². The van der Waals surface area contributed by atoms with Crippen LogP contribution >= 0.6 is 15.9 Å². The summed E-state index contributed by atoms with van der Waals surface area (Å²) in [6, 6.07) is 0. The minimum absolute atomic E-state index is 0.124. The molecule has 0 aromatic rings. The van der Waals surface area contributed by atoms with Crippen molar-refractivity contribution >= 4 is 30.9 Å². The summed E-state index contributed by atoms with van der Waals surface area (Å²) in [6.45, 7) is 1.13. The van der Waals surface area contributed by atoms with E-state index in [1.807, 2.05) is 0 Å². The molecule has 0 unspecified atom stereocenters. The lowest BCUT2D eigenvalue weighted by molar-refractivity contribution is 0.279. The van der Waals surface area contributed by atoms with Gasteiger partial charge in [-0.2, -0.15) is 0 Å². The summed E-state index contributed by atoms with van der Waals surface area (Å²) in [4.78, 5) is 5.86. The number of hydrogen-bond acceptors (Lipinski definition) is 5. The average Bonchev–Trinajstić information content (AvgIpc) is 2.63. The van der Waals surface area contributed by atoms with E-state index in [4.69, 9.17) is 4.74 Å². The lowest BCUT2D eigenvalue weighted by Crippen LogP contribution is -2.36. The van der Waals surface area contributed by atoms with Crippen LogP contribution in [0.25, 0.3) is 0 Å². The van der Waals surface area contributed by atoms with Gasteiger partial charge < -0.3 is 9.64 Å². The van der Waals surface area contributed by atoms with Crippen LogP contribution < -0.4 is 0 Å². The molecule has 0 amide bonds. The molecule has 0 saturated heterocycles. The molecular formula is C11H11BrN2O3S. The summed E-state index contributed by atoms with van der Waals surface area (Å²) in [7, 11) is -3.32. The van der Waals surface area contributed by atoms with Gasteiger partial charge in [0.1, 0.15) is 6.61 Å². The molecule has 0 saturated carbocycles. The van der Waals surface area contributed by atoms with Gasteiger partial charge in [0.05, 0.1) is 16.4 Å². The zero-order valence-electron chi connectivity index (χ0n) is 9.68. The van der Waals surface area contributed by atoms with Crippen LogP contribution in [0.5, 0.6) is 0 Å². The molecule has 0 atom stereocenters. The van der Waals surface area contributed by atoms with E-state index in [0.717, 1.165) is 27.7 Å². The van der Waals surface area contributed by atoms with Crippen LogP contribution in [0.3, 0.4) is 0 Å². The number of allylic oxidation sites excluding steroid dienone is 1. The highest BCUT2D eigenvalue weighted by Crippen LogP contribution is 2.39. The van der Waals surface area contributed by atoms with Gasteiger partial charge in [0.15, 0.2) is 0 Å². The molecule has 0 bridgehead atoms. The van der Waals surface area contributed by atoms with Crippen molar-refractivity contribution in [3.05, 3.63) is 33.8 Å². The zero-order valence-corrected chi connectivity index (χ0v) is 12.1. The van der Waals surface area contributed by atoms with Crippen molar-refractivity contribution in [2.24, 2.45) is 4.99 Å². The average molecular weight is 331 g/mol. The minimum Gasteiger partial charge on any atom is -0.496 e.